The fourth-order valence-electron chi connectivity index (χ4n) is 3.49. The van der Waals surface area contributed by atoms with E-state index in [9.17, 15) is 4.79 Å². The predicted molar refractivity (Wildman–Crippen MR) is 91.4 cm³/mol. The zero-order valence-electron chi connectivity index (χ0n) is 14.2. The van der Waals surface area contributed by atoms with Crippen molar-refractivity contribution in [1.82, 2.24) is 25.7 Å². The topological polar surface area (TPSA) is 97.3 Å². The molecule has 1 amide bonds. The number of amides is 1. The molecule has 26 heavy (non-hydrogen) atoms. The van der Waals surface area contributed by atoms with E-state index in [1.807, 2.05) is 18.2 Å². The van der Waals surface area contributed by atoms with Gasteiger partial charge in [-0.3, -0.25) is 9.69 Å². The summed E-state index contributed by atoms with van der Waals surface area (Å²) in [7, 11) is 0. The summed E-state index contributed by atoms with van der Waals surface area (Å²) < 4.78 is 10.0. The summed E-state index contributed by atoms with van der Waals surface area (Å²) in [5, 5.41) is 14.7. The van der Waals surface area contributed by atoms with Crippen LogP contribution in [0.15, 0.2) is 33.4 Å². The van der Waals surface area contributed by atoms with Crippen molar-refractivity contribution in [2.24, 2.45) is 0 Å². The minimum Gasteiger partial charge on any atom is -0.360 e. The molecule has 2 aliphatic rings. The fourth-order valence-corrected chi connectivity index (χ4v) is 3.49. The van der Waals surface area contributed by atoms with E-state index in [2.05, 4.69) is 25.7 Å². The third-order valence-electron chi connectivity index (χ3n) is 5.07. The van der Waals surface area contributed by atoms with E-state index in [1.54, 1.807) is 6.07 Å². The summed E-state index contributed by atoms with van der Waals surface area (Å²) in [4.78, 5) is 14.7. The molecule has 8 heteroatoms. The Morgan fingerprint density at radius 1 is 1.15 bits per heavy atom. The van der Waals surface area contributed by atoms with Crippen LogP contribution in [0.4, 0.5) is 0 Å². The van der Waals surface area contributed by atoms with Gasteiger partial charge in [0, 0.05) is 37.7 Å². The summed E-state index contributed by atoms with van der Waals surface area (Å²) >= 11 is 0. The van der Waals surface area contributed by atoms with E-state index in [4.69, 9.17) is 9.15 Å². The minimum absolute atomic E-state index is 0.126. The summed E-state index contributed by atoms with van der Waals surface area (Å²) in [5.41, 5.74) is 3.07. The van der Waals surface area contributed by atoms with E-state index in [0.717, 1.165) is 61.3 Å². The maximum atomic E-state index is 12.4. The van der Waals surface area contributed by atoms with Gasteiger partial charge in [-0.2, -0.15) is 0 Å². The highest BCUT2D eigenvalue weighted by molar-refractivity contribution is 5.92. The number of hydrogen-bond donors (Lipinski definition) is 1. The van der Waals surface area contributed by atoms with Crippen molar-refractivity contribution in [2.45, 2.75) is 37.8 Å². The highest BCUT2D eigenvalue weighted by atomic mass is 16.6. The van der Waals surface area contributed by atoms with E-state index in [-0.39, 0.29) is 11.9 Å². The lowest BCUT2D eigenvalue weighted by atomic mass is 10.2. The number of nitrogens with one attached hydrogen (secondary N) is 1. The first-order chi connectivity index (χ1) is 12.7. The molecule has 3 heterocycles. The number of aromatic nitrogens is 3. The van der Waals surface area contributed by atoms with Gasteiger partial charge < -0.3 is 9.84 Å². The largest absolute Gasteiger partial charge is 0.360 e. The molecule has 1 aliphatic heterocycles. The van der Waals surface area contributed by atoms with E-state index in [1.165, 1.54) is 0 Å². The number of rotatable bonds is 5. The van der Waals surface area contributed by atoms with E-state index in [0.29, 0.717) is 11.6 Å². The smallest absolute Gasteiger partial charge is 0.273 e. The van der Waals surface area contributed by atoms with Gasteiger partial charge in [-0.15, -0.1) is 0 Å². The second-order valence-electron chi connectivity index (χ2n) is 7.17. The lowest BCUT2D eigenvalue weighted by Gasteiger charge is -2.16. The third kappa shape index (κ3) is 3.08. The summed E-state index contributed by atoms with van der Waals surface area (Å²) in [5.74, 6) is 1.15. The Balaban J connectivity index is 1.17. The number of benzene rings is 1. The van der Waals surface area contributed by atoms with Crippen molar-refractivity contribution in [2.75, 3.05) is 13.1 Å². The van der Waals surface area contributed by atoms with Crippen molar-refractivity contribution in [1.29, 1.82) is 0 Å². The second-order valence-corrected chi connectivity index (χ2v) is 7.17. The lowest BCUT2D eigenvalue weighted by Crippen LogP contribution is -2.37. The van der Waals surface area contributed by atoms with Gasteiger partial charge in [0.05, 0.1) is 0 Å². The molecule has 5 rings (SSSR count). The van der Waals surface area contributed by atoms with Crippen LogP contribution in [0.5, 0.6) is 0 Å². The van der Waals surface area contributed by atoms with Gasteiger partial charge in [-0.25, -0.2) is 4.63 Å². The van der Waals surface area contributed by atoms with Gasteiger partial charge in [-0.05, 0) is 47.3 Å². The molecule has 3 aromatic rings. The molecule has 0 radical (unpaired) electrons. The first-order valence-corrected chi connectivity index (χ1v) is 8.95. The van der Waals surface area contributed by atoms with Crippen LogP contribution in [-0.2, 0) is 6.54 Å². The van der Waals surface area contributed by atoms with Crippen LogP contribution in [0.1, 0.15) is 47.0 Å². The van der Waals surface area contributed by atoms with E-state index >= 15 is 0 Å². The third-order valence-corrected chi connectivity index (χ3v) is 5.07. The molecule has 2 aromatic heterocycles. The number of nitrogens with zero attached hydrogens (tertiary/aromatic N) is 4. The van der Waals surface area contributed by atoms with Crippen LogP contribution < -0.4 is 5.32 Å². The molecule has 1 atom stereocenters. The Labute approximate surface area is 149 Å². The predicted octanol–water partition coefficient (Wildman–Crippen LogP) is 2.09. The first-order valence-electron chi connectivity index (χ1n) is 8.95. The lowest BCUT2D eigenvalue weighted by molar-refractivity contribution is 0.0928. The molecular formula is C18H19N5O3. The maximum Gasteiger partial charge on any atom is 0.273 e. The molecule has 0 spiro atoms. The highest BCUT2D eigenvalue weighted by Crippen LogP contribution is 2.40. The van der Waals surface area contributed by atoms with Crippen LogP contribution in [-0.4, -0.2) is 45.4 Å². The molecule has 1 aliphatic carbocycles. The van der Waals surface area contributed by atoms with Crippen molar-refractivity contribution in [3.8, 4) is 0 Å². The zero-order chi connectivity index (χ0) is 17.5. The quantitative estimate of drug-likeness (QED) is 0.750. The molecule has 0 bridgehead atoms. The molecule has 1 N–H and O–H groups in total. The van der Waals surface area contributed by atoms with Crippen molar-refractivity contribution < 1.29 is 13.9 Å². The SMILES string of the molecule is O=C(NC1CCN(Cc2ccc3nonc3c2)C1)c1cc(C2CC2)on1. The van der Waals surface area contributed by atoms with Gasteiger partial charge in [-0.1, -0.05) is 11.2 Å². The Morgan fingerprint density at radius 2 is 2.04 bits per heavy atom. The summed E-state index contributed by atoms with van der Waals surface area (Å²) in [6, 6.07) is 7.85. The minimum atomic E-state index is -0.150. The van der Waals surface area contributed by atoms with Crippen molar-refractivity contribution in [3.63, 3.8) is 0 Å². The Hall–Kier alpha value is -2.74. The van der Waals surface area contributed by atoms with Gasteiger partial charge >= 0.3 is 0 Å². The Morgan fingerprint density at radius 3 is 2.92 bits per heavy atom. The molecule has 1 unspecified atom stereocenters. The number of hydrogen-bond acceptors (Lipinski definition) is 7. The average Bonchev–Trinajstić information content (AvgIpc) is 3.04. The standard InChI is InChI=1S/C18H19N5O3/c24-18(16-8-17(25-20-16)12-2-3-12)19-13-5-6-23(10-13)9-11-1-4-14-15(7-11)22-26-21-14/h1,4,7-8,12-13H,2-3,5-6,9-10H2,(H,19,24). The van der Waals surface area contributed by atoms with Crippen LogP contribution in [0.2, 0.25) is 0 Å². The summed E-state index contributed by atoms with van der Waals surface area (Å²) in [6.45, 7) is 2.56. The number of carbonyl (C=O) groups excluding carboxylic acids is 1. The Bertz CT molecular complexity index is 945. The monoisotopic (exact) mass is 353 g/mol. The Kier molecular flexibility index (Phi) is 3.70. The van der Waals surface area contributed by atoms with Crippen LogP contribution in [0.25, 0.3) is 11.0 Å². The van der Waals surface area contributed by atoms with Crippen molar-refractivity contribution in [3.05, 3.63) is 41.3 Å². The molecule has 1 saturated heterocycles. The highest BCUT2D eigenvalue weighted by Gasteiger charge is 2.30. The number of carbonyl (C=O) groups is 1. The fraction of sp³-hybridized carbons (Fsp3) is 0.444. The first kappa shape index (κ1) is 15.5. The molecule has 134 valence electrons. The van der Waals surface area contributed by atoms with E-state index < -0.39 is 0 Å². The van der Waals surface area contributed by atoms with Gasteiger partial charge in [0.15, 0.2) is 5.69 Å². The second kappa shape index (κ2) is 6.21. The molecule has 1 saturated carbocycles. The van der Waals surface area contributed by atoms with Gasteiger partial charge in [0.2, 0.25) is 0 Å². The molecule has 1 aromatic carbocycles. The number of fused-ring (bicyclic) bond motifs is 1. The normalized spacial score (nSPS) is 20.7. The average molecular weight is 353 g/mol. The summed E-state index contributed by atoms with van der Waals surface area (Å²) in [6.07, 6.45) is 3.18. The molecule has 2 fully saturated rings. The van der Waals surface area contributed by atoms with Gasteiger partial charge in [0.25, 0.3) is 5.91 Å². The maximum absolute atomic E-state index is 12.4. The molecule has 8 nitrogen and oxygen atoms in total. The number of likely N-dealkylation sites (tertiary alicyclic amines) is 1. The van der Waals surface area contributed by atoms with Crippen LogP contribution in [0, 0.1) is 0 Å². The molecular weight excluding hydrogens is 334 g/mol. The van der Waals surface area contributed by atoms with Crippen LogP contribution in [0.3, 0.4) is 0 Å². The van der Waals surface area contributed by atoms with Gasteiger partial charge in [0.1, 0.15) is 16.8 Å². The zero-order valence-corrected chi connectivity index (χ0v) is 14.2. The van der Waals surface area contributed by atoms with Crippen molar-refractivity contribution >= 4 is 16.9 Å². The van der Waals surface area contributed by atoms with Crippen LogP contribution >= 0.6 is 0 Å².